The van der Waals surface area contributed by atoms with E-state index in [1.54, 1.807) is 11.8 Å². The van der Waals surface area contributed by atoms with Gasteiger partial charge in [0.25, 0.3) is 0 Å². The Balaban J connectivity index is 4.15. The third kappa shape index (κ3) is 7.10. The largest absolute Gasteiger partial charge is 0.480 e. The number of urea groups is 1. The number of amides is 2. The van der Waals surface area contributed by atoms with Crippen molar-refractivity contribution in [1.29, 1.82) is 0 Å². The van der Waals surface area contributed by atoms with Crippen molar-refractivity contribution in [3.8, 4) is 0 Å². The number of carbonyl (C=O) groups excluding carboxylic acids is 1. The standard InChI is InChI=1S/C11H22N2O3S/c1-4-8(5-2)12-11(16)13-9(10(14)15)6-7-17-3/h8-9H,4-7H2,1-3H3,(H,14,15)(H2,12,13,16)/t9-/m0/s1. The normalized spacial score (nSPS) is 12.2. The lowest BCUT2D eigenvalue weighted by Gasteiger charge is -2.18. The Morgan fingerprint density at radius 3 is 2.24 bits per heavy atom. The van der Waals surface area contributed by atoms with E-state index in [4.69, 9.17) is 5.11 Å². The molecule has 1 atom stereocenters. The van der Waals surface area contributed by atoms with Crippen LogP contribution in [0.4, 0.5) is 4.79 Å². The molecule has 17 heavy (non-hydrogen) atoms. The Morgan fingerprint density at radius 2 is 1.82 bits per heavy atom. The van der Waals surface area contributed by atoms with Gasteiger partial charge in [-0.05, 0) is 31.3 Å². The average Bonchev–Trinajstić information content (AvgIpc) is 2.30. The summed E-state index contributed by atoms with van der Waals surface area (Å²) in [5.41, 5.74) is 0. The predicted octanol–water partition coefficient (Wildman–Crippen LogP) is 1.68. The number of rotatable bonds is 8. The van der Waals surface area contributed by atoms with E-state index in [-0.39, 0.29) is 6.04 Å². The summed E-state index contributed by atoms with van der Waals surface area (Å²) in [6.45, 7) is 3.97. The topological polar surface area (TPSA) is 78.4 Å². The summed E-state index contributed by atoms with van der Waals surface area (Å²) >= 11 is 1.56. The van der Waals surface area contributed by atoms with Gasteiger partial charge in [0.15, 0.2) is 0 Å². The lowest BCUT2D eigenvalue weighted by atomic mass is 10.2. The van der Waals surface area contributed by atoms with Crippen LogP contribution in [0.25, 0.3) is 0 Å². The minimum atomic E-state index is -0.987. The van der Waals surface area contributed by atoms with Crippen LogP contribution >= 0.6 is 11.8 Å². The highest BCUT2D eigenvalue weighted by atomic mass is 32.2. The van der Waals surface area contributed by atoms with Crippen molar-refractivity contribution < 1.29 is 14.7 Å². The third-order valence-corrected chi connectivity index (χ3v) is 3.18. The molecule has 0 aromatic heterocycles. The lowest BCUT2D eigenvalue weighted by molar-refractivity contribution is -0.139. The fourth-order valence-electron chi connectivity index (χ4n) is 1.37. The molecule has 100 valence electrons. The first kappa shape index (κ1) is 16.1. The smallest absolute Gasteiger partial charge is 0.326 e. The minimum absolute atomic E-state index is 0.102. The van der Waals surface area contributed by atoms with Crippen LogP contribution in [-0.2, 0) is 4.79 Å². The van der Waals surface area contributed by atoms with Gasteiger partial charge < -0.3 is 15.7 Å². The molecule has 0 radical (unpaired) electrons. The number of nitrogens with one attached hydrogen (secondary N) is 2. The minimum Gasteiger partial charge on any atom is -0.480 e. The van der Waals surface area contributed by atoms with Gasteiger partial charge in [-0.3, -0.25) is 0 Å². The Labute approximate surface area is 107 Å². The van der Waals surface area contributed by atoms with Gasteiger partial charge >= 0.3 is 12.0 Å². The van der Waals surface area contributed by atoms with Crippen molar-refractivity contribution >= 4 is 23.8 Å². The summed E-state index contributed by atoms with van der Waals surface area (Å²) in [7, 11) is 0. The third-order valence-electron chi connectivity index (χ3n) is 2.53. The van der Waals surface area contributed by atoms with E-state index in [9.17, 15) is 9.59 Å². The molecule has 0 aliphatic heterocycles. The molecule has 3 N–H and O–H groups in total. The summed E-state index contributed by atoms with van der Waals surface area (Å²) in [5, 5.41) is 14.2. The van der Waals surface area contributed by atoms with Crippen molar-refractivity contribution in [2.45, 2.75) is 45.2 Å². The molecular weight excluding hydrogens is 240 g/mol. The van der Waals surface area contributed by atoms with E-state index in [1.807, 2.05) is 20.1 Å². The molecule has 0 spiro atoms. The molecule has 0 saturated carbocycles. The van der Waals surface area contributed by atoms with Crippen LogP contribution in [-0.4, -0.2) is 41.2 Å². The van der Waals surface area contributed by atoms with Gasteiger partial charge in [0.2, 0.25) is 0 Å². The molecule has 0 rings (SSSR count). The number of hydrogen-bond donors (Lipinski definition) is 3. The summed E-state index contributed by atoms with van der Waals surface area (Å²) in [5.74, 6) is -0.277. The number of carboxylic acid groups (broad SMARTS) is 1. The quantitative estimate of drug-likeness (QED) is 0.622. The summed E-state index contributed by atoms with van der Waals surface area (Å²) in [4.78, 5) is 22.5. The second-order valence-corrected chi connectivity index (χ2v) is 4.79. The van der Waals surface area contributed by atoms with Crippen LogP contribution in [0.2, 0.25) is 0 Å². The van der Waals surface area contributed by atoms with Gasteiger partial charge in [0.05, 0.1) is 0 Å². The molecule has 0 unspecified atom stereocenters. The summed E-state index contributed by atoms with van der Waals surface area (Å²) in [6.07, 6.45) is 4.02. The fraction of sp³-hybridized carbons (Fsp3) is 0.818. The zero-order valence-corrected chi connectivity index (χ0v) is 11.5. The Morgan fingerprint density at radius 1 is 1.24 bits per heavy atom. The van der Waals surface area contributed by atoms with Crippen LogP contribution in [0.1, 0.15) is 33.1 Å². The van der Waals surface area contributed by atoms with E-state index in [0.717, 1.165) is 12.8 Å². The Hall–Kier alpha value is -0.910. The summed E-state index contributed by atoms with van der Waals surface area (Å²) in [6, 6.07) is -1.10. The first-order valence-electron chi connectivity index (χ1n) is 5.83. The van der Waals surface area contributed by atoms with Gasteiger partial charge in [-0.25, -0.2) is 9.59 Å². The van der Waals surface area contributed by atoms with Crippen molar-refractivity contribution in [2.75, 3.05) is 12.0 Å². The van der Waals surface area contributed by atoms with E-state index in [1.165, 1.54) is 0 Å². The predicted molar refractivity (Wildman–Crippen MR) is 70.5 cm³/mol. The first-order chi connectivity index (χ1) is 8.04. The highest BCUT2D eigenvalue weighted by Gasteiger charge is 2.20. The molecule has 0 heterocycles. The molecule has 2 amide bonds. The first-order valence-corrected chi connectivity index (χ1v) is 7.23. The van der Waals surface area contributed by atoms with Crippen LogP contribution in [0.15, 0.2) is 0 Å². The fourth-order valence-corrected chi connectivity index (χ4v) is 1.84. The molecule has 0 aromatic rings. The maximum Gasteiger partial charge on any atom is 0.326 e. The van der Waals surface area contributed by atoms with Crippen LogP contribution in [0, 0.1) is 0 Å². The van der Waals surface area contributed by atoms with Gasteiger partial charge in [0, 0.05) is 6.04 Å². The molecular formula is C11H22N2O3S. The molecule has 0 aliphatic carbocycles. The zero-order valence-electron chi connectivity index (χ0n) is 10.7. The molecule has 0 bridgehead atoms. The molecule has 0 fully saturated rings. The second kappa shape index (κ2) is 9.15. The number of carbonyl (C=O) groups is 2. The molecule has 0 aliphatic rings. The SMILES string of the molecule is CCC(CC)NC(=O)N[C@@H](CCSC)C(=O)O. The molecule has 0 aromatic carbocycles. The van der Waals surface area contributed by atoms with E-state index < -0.39 is 18.0 Å². The Bertz CT molecular complexity index is 245. The maximum atomic E-state index is 11.6. The molecule has 0 saturated heterocycles. The van der Waals surface area contributed by atoms with Crippen molar-refractivity contribution in [3.63, 3.8) is 0 Å². The van der Waals surface area contributed by atoms with Crippen LogP contribution in [0.5, 0.6) is 0 Å². The zero-order chi connectivity index (χ0) is 13.3. The van der Waals surface area contributed by atoms with Crippen LogP contribution in [0.3, 0.4) is 0 Å². The highest BCUT2D eigenvalue weighted by Crippen LogP contribution is 2.01. The van der Waals surface area contributed by atoms with Crippen molar-refractivity contribution in [1.82, 2.24) is 10.6 Å². The molecule has 6 heteroatoms. The number of hydrogen-bond acceptors (Lipinski definition) is 3. The van der Waals surface area contributed by atoms with Crippen molar-refractivity contribution in [2.24, 2.45) is 0 Å². The molecule has 5 nitrogen and oxygen atoms in total. The van der Waals surface area contributed by atoms with Gasteiger partial charge in [-0.2, -0.15) is 11.8 Å². The van der Waals surface area contributed by atoms with E-state index in [0.29, 0.717) is 12.2 Å². The van der Waals surface area contributed by atoms with Crippen LogP contribution < -0.4 is 10.6 Å². The average molecular weight is 262 g/mol. The van der Waals surface area contributed by atoms with Gasteiger partial charge in [0.1, 0.15) is 6.04 Å². The highest BCUT2D eigenvalue weighted by molar-refractivity contribution is 7.98. The Kier molecular flexibility index (Phi) is 8.66. The van der Waals surface area contributed by atoms with E-state index >= 15 is 0 Å². The number of aliphatic carboxylic acids is 1. The lowest BCUT2D eigenvalue weighted by Crippen LogP contribution is -2.49. The van der Waals surface area contributed by atoms with Gasteiger partial charge in [-0.1, -0.05) is 13.8 Å². The second-order valence-electron chi connectivity index (χ2n) is 3.80. The summed E-state index contributed by atoms with van der Waals surface area (Å²) < 4.78 is 0. The van der Waals surface area contributed by atoms with E-state index in [2.05, 4.69) is 10.6 Å². The van der Waals surface area contributed by atoms with Gasteiger partial charge in [-0.15, -0.1) is 0 Å². The number of thioether (sulfide) groups is 1. The van der Waals surface area contributed by atoms with Crippen molar-refractivity contribution in [3.05, 3.63) is 0 Å². The monoisotopic (exact) mass is 262 g/mol. The maximum absolute atomic E-state index is 11.6. The number of carboxylic acids is 1.